The lowest BCUT2D eigenvalue weighted by molar-refractivity contribution is 0.353. The topological polar surface area (TPSA) is 51.3 Å². The summed E-state index contributed by atoms with van der Waals surface area (Å²) in [7, 11) is 0. The van der Waals surface area contributed by atoms with E-state index in [1.807, 2.05) is 24.3 Å². The summed E-state index contributed by atoms with van der Waals surface area (Å²) in [6, 6.07) is 7.63. The van der Waals surface area contributed by atoms with Crippen LogP contribution in [0.15, 0.2) is 33.6 Å². The van der Waals surface area contributed by atoms with Crippen molar-refractivity contribution in [2.24, 2.45) is 0 Å². The molecular formula is C12H9N3O2S2. The molecule has 2 aromatic rings. The summed E-state index contributed by atoms with van der Waals surface area (Å²) in [6.07, 6.45) is 0. The number of para-hydroxylation sites is 1. The number of hydrogen-bond donors (Lipinski definition) is 0. The molecule has 0 saturated carbocycles. The van der Waals surface area contributed by atoms with Gasteiger partial charge in [0.15, 0.2) is 5.82 Å². The van der Waals surface area contributed by atoms with Crippen molar-refractivity contribution < 1.29 is 4.52 Å². The minimum absolute atomic E-state index is 0.0105. The van der Waals surface area contributed by atoms with Crippen LogP contribution in [0.1, 0.15) is 17.4 Å². The Kier molecular flexibility index (Phi) is 2.33. The van der Waals surface area contributed by atoms with Crippen molar-refractivity contribution in [2.45, 2.75) is 6.04 Å². The molecule has 0 amide bonds. The smallest absolute Gasteiger partial charge is 0.342 e. The molecule has 1 atom stereocenters. The van der Waals surface area contributed by atoms with Crippen LogP contribution in [-0.4, -0.2) is 31.2 Å². The van der Waals surface area contributed by atoms with Gasteiger partial charge in [0.05, 0.1) is 11.6 Å². The molecule has 2 aliphatic heterocycles. The molecule has 0 spiro atoms. The summed E-state index contributed by atoms with van der Waals surface area (Å²) in [5.41, 5.74) is 1.64. The first-order valence-electron chi connectivity index (χ1n) is 5.84. The Morgan fingerprint density at radius 2 is 2.26 bits per heavy atom. The maximum absolute atomic E-state index is 11.9. The van der Waals surface area contributed by atoms with Crippen molar-refractivity contribution in [3.05, 3.63) is 46.2 Å². The average molecular weight is 291 g/mol. The third-order valence-corrected chi connectivity index (χ3v) is 4.91. The van der Waals surface area contributed by atoms with Gasteiger partial charge < -0.3 is 4.90 Å². The van der Waals surface area contributed by atoms with E-state index in [-0.39, 0.29) is 6.04 Å². The van der Waals surface area contributed by atoms with Crippen LogP contribution in [0, 0.1) is 0 Å². The van der Waals surface area contributed by atoms with E-state index in [0.717, 1.165) is 27.9 Å². The normalized spacial score (nSPS) is 20.7. The maximum atomic E-state index is 11.9. The van der Waals surface area contributed by atoms with Gasteiger partial charge in [0, 0.05) is 11.3 Å². The molecule has 5 nitrogen and oxygen atoms in total. The van der Waals surface area contributed by atoms with Gasteiger partial charge in [-0.2, -0.15) is 0 Å². The van der Waals surface area contributed by atoms with Crippen molar-refractivity contribution in [1.82, 2.24) is 14.6 Å². The molecule has 7 heteroatoms. The second-order valence-electron chi connectivity index (χ2n) is 4.45. The Bertz CT molecular complexity index is 737. The summed E-state index contributed by atoms with van der Waals surface area (Å²) in [4.78, 5) is 14.8. The van der Waals surface area contributed by atoms with Crippen LogP contribution in [0.5, 0.6) is 0 Å². The van der Waals surface area contributed by atoms with Crippen LogP contribution in [0.4, 0.5) is 0 Å². The lowest BCUT2D eigenvalue weighted by Gasteiger charge is -2.22. The number of nitrogens with zero attached hydrogens (tertiary/aromatic N) is 3. The second kappa shape index (κ2) is 3.94. The number of thiocarbonyl (C=S) groups is 1. The maximum Gasteiger partial charge on any atom is 0.446 e. The van der Waals surface area contributed by atoms with Crippen LogP contribution in [0.3, 0.4) is 0 Å². The largest absolute Gasteiger partial charge is 0.446 e. The van der Waals surface area contributed by atoms with Gasteiger partial charge in [0.2, 0.25) is 0 Å². The standard InChI is InChI=1S/C12H9N3O2S2/c16-12-15-8-4-2-1-3-7(8)11(18)14-6-19-5-9(14)10(15)13-17-12/h1-4,9H,5-6H2/t9-/m0/s1. The van der Waals surface area contributed by atoms with Crippen LogP contribution in [0.2, 0.25) is 0 Å². The van der Waals surface area contributed by atoms with Gasteiger partial charge in [-0.05, 0) is 12.1 Å². The second-order valence-corrected chi connectivity index (χ2v) is 5.84. The number of benzene rings is 1. The van der Waals surface area contributed by atoms with E-state index in [4.69, 9.17) is 16.7 Å². The Labute approximate surface area is 118 Å². The Hall–Kier alpha value is -1.60. The van der Waals surface area contributed by atoms with Gasteiger partial charge in [0.1, 0.15) is 11.0 Å². The number of hydrogen-bond acceptors (Lipinski definition) is 5. The molecule has 0 aliphatic carbocycles. The lowest BCUT2D eigenvalue weighted by Crippen LogP contribution is -2.29. The summed E-state index contributed by atoms with van der Waals surface area (Å²) < 4.78 is 6.39. The highest BCUT2D eigenvalue weighted by Gasteiger charge is 2.38. The van der Waals surface area contributed by atoms with Gasteiger partial charge in [-0.3, -0.25) is 4.52 Å². The molecule has 1 fully saturated rings. The molecule has 3 heterocycles. The lowest BCUT2D eigenvalue weighted by atomic mass is 10.1. The molecular weight excluding hydrogens is 282 g/mol. The number of fused-ring (bicyclic) bond motifs is 5. The van der Waals surface area contributed by atoms with Gasteiger partial charge in [-0.25, -0.2) is 9.36 Å². The zero-order valence-corrected chi connectivity index (χ0v) is 11.4. The highest BCUT2D eigenvalue weighted by atomic mass is 32.2. The monoisotopic (exact) mass is 291 g/mol. The highest BCUT2D eigenvalue weighted by molar-refractivity contribution is 7.99. The van der Waals surface area contributed by atoms with E-state index in [2.05, 4.69) is 10.1 Å². The van der Waals surface area contributed by atoms with Crippen molar-refractivity contribution in [3.63, 3.8) is 0 Å². The average Bonchev–Trinajstić information content (AvgIpc) is 3.02. The predicted octanol–water partition coefficient (Wildman–Crippen LogP) is 1.56. The van der Waals surface area contributed by atoms with E-state index in [9.17, 15) is 4.79 Å². The fourth-order valence-corrected chi connectivity index (χ4v) is 4.16. The third kappa shape index (κ3) is 1.45. The fourth-order valence-electron chi connectivity index (χ4n) is 2.55. The molecule has 1 saturated heterocycles. The Morgan fingerprint density at radius 3 is 3.16 bits per heavy atom. The molecule has 4 rings (SSSR count). The quantitative estimate of drug-likeness (QED) is 0.687. The summed E-state index contributed by atoms with van der Waals surface area (Å²) in [6.45, 7) is 0. The predicted molar refractivity (Wildman–Crippen MR) is 75.7 cm³/mol. The minimum atomic E-state index is -0.455. The van der Waals surface area contributed by atoms with Gasteiger partial charge in [0.25, 0.3) is 0 Å². The van der Waals surface area contributed by atoms with Gasteiger partial charge in [-0.1, -0.05) is 29.5 Å². The SMILES string of the molecule is O=c1onc2n1-c1ccccc1C(=S)N1CSC[C@@H]21. The first-order valence-corrected chi connectivity index (χ1v) is 7.40. The van der Waals surface area contributed by atoms with E-state index >= 15 is 0 Å². The number of aromatic nitrogens is 2. The zero-order valence-electron chi connectivity index (χ0n) is 9.78. The molecule has 1 aromatic heterocycles. The number of thioether (sulfide) groups is 1. The molecule has 0 N–H and O–H groups in total. The van der Waals surface area contributed by atoms with Crippen molar-refractivity contribution in [3.8, 4) is 5.69 Å². The van der Waals surface area contributed by atoms with Crippen LogP contribution >= 0.6 is 24.0 Å². The molecule has 0 radical (unpaired) electrons. The van der Waals surface area contributed by atoms with E-state index in [1.54, 1.807) is 11.8 Å². The van der Waals surface area contributed by atoms with E-state index < -0.39 is 5.76 Å². The fraction of sp³-hybridized carbons (Fsp3) is 0.250. The molecule has 0 unspecified atom stereocenters. The number of rotatable bonds is 0. The summed E-state index contributed by atoms with van der Waals surface area (Å²) >= 11 is 7.36. The van der Waals surface area contributed by atoms with Crippen LogP contribution in [0.25, 0.3) is 5.69 Å². The van der Waals surface area contributed by atoms with Crippen LogP contribution < -0.4 is 5.76 Å². The van der Waals surface area contributed by atoms with Crippen molar-refractivity contribution in [1.29, 1.82) is 0 Å². The van der Waals surface area contributed by atoms with Gasteiger partial charge in [-0.15, -0.1) is 11.8 Å². The highest BCUT2D eigenvalue weighted by Crippen LogP contribution is 2.37. The summed E-state index contributed by atoms with van der Waals surface area (Å²) in [5.74, 6) is 1.87. The van der Waals surface area contributed by atoms with E-state index in [1.165, 1.54) is 4.57 Å². The molecule has 2 aliphatic rings. The third-order valence-electron chi connectivity index (χ3n) is 3.45. The Morgan fingerprint density at radius 1 is 1.42 bits per heavy atom. The first-order chi connectivity index (χ1) is 9.27. The zero-order chi connectivity index (χ0) is 13.0. The molecule has 1 aromatic carbocycles. The van der Waals surface area contributed by atoms with Crippen LogP contribution in [-0.2, 0) is 0 Å². The van der Waals surface area contributed by atoms with Crippen molar-refractivity contribution >= 4 is 29.0 Å². The first kappa shape index (κ1) is 11.2. The van der Waals surface area contributed by atoms with Gasteiger partial charge >= 0.3 is 5.76 Å². The molecule has 96 valence electrons. The van der Waals surface area contributed by atoms with Crippen molar-refractivity contribution in [2.75, 3.05) is 11.6 Å². The summed E-state index contributed by atoms with van der Waals surface area (Å²) in [5, 5.41) is 3.95. The van der Waals surface area contributed by atoms with E-state index in [0.29, 0.717) is 5.82 Å². The minimum Gasteiger partial charge on any atom is -0.342 e. The Balaban J connectivity index is 2.09. The molecule has 19 heavy (non-hydrogen) atoms. The molecule has 0 bridgehead atoms.